The van der Waals surface area contributed by atoms with Crippen molar-refractivity contribution in [3.8, 4) is 0 Å². The van der Waals surface area contributed by atoms with Crippen LogP contribution in [0.1, 0.15) is 12.0 Å². The summed E-state index contributed by atoms with van der Waals surface area (Å²) in [6.45, 7) is 3.80. The first-order valence-corrected chi connectivity index (χ1v) is 6.36. The van der Waals surface area contributed by atoms with Crippen molar-refractivity contribution in [3.05, 3.63) is 30.1 Å². The number of aryl methyl sites for hydroxylation is 1. The molecule has 0 atom stereocenters. The van der Waals surface area contributed by atoms with Crippen LogP contribution in [0, 0.1) is 0 Å². The predicted octanol–water partition coefficient (Wildman–Crippen LogP) is 0.293. The van der Waals surface area contributed by atoms with Crippen LogP contribution in [0.15, 0.2) is 24.5 Å². The van der Waals surface area contributed by atoms with E-state index >= 15 is 0 Å². The molecule has 18 heavy (non-hydrogen) atoms. The Morgan fingerprint density at radius 2 is 2.17 bits per heavy atom. The topological polar surface area (TPSA) is 48.5 Å². The fourth-order valence-electron chi connectivity index (χ4n) is 1.95. The second kappa shape index (κ2) is 6.47. The van der Waals surface area contributed by atoms with Crippen molar-refractivity contribution in [2.45, 2.75) is 12.8 Å². The number of nitrogens with zero attached hydrogens (tertiary/aromatic N) is 3. The Labute approximate surface area is 108 Å². The lowest BCUT2D eigenvalue weighted by atomic mass is 10.1. The zero-order valence-electron chi connectivity index (χ0n) is 10.8. The smallest absolute Gasteiger partial charge is 0.234 e. The van der Waals surface area contributed by atoms with E-state index in [0.29, 0.717) is 6.42 Å². The van der Waals surface area contributed by atoms with Crippen LogP contribution < -0.4 is 5.43 Å². The molecule has 1 aromatic rings. The lowest BCUT2D eigenvalue weighted by Crippen LogP contribution is -2.52. The molecule has 98 valence electrons. The average Bonchev–Trinajstić information content (AvgIpc) is 2.40. The minimum absolute atomic E-state index is 0.0865. The number of nitrogens with one attached hydrogen (secondary N) is 1. The highest BCUT2D eigenvalue weighted by Gasteiger charge is 2.15. The van der Waals surface area contributed by atoms with E-state index in [9.17, 15) is 4.79 Å². The number of hydrogen-bond donors (Lipinski definition) is 1. The molecule has 1 fully saturated rings. The van der Waals surface area contributed by atoms with Crippen molar-refractivity contribution in [1.82, 2.24) is 20.3 Å². The van der Waals surface area contributed by atoms with E-state index in [1.807, 2.05) is 23.3 Å². The molecule has 1 aromatic heterocycles. The Bertz CT molecular complexity index is 374. The summed E-state index contributed by atoms with van der Waals surface area (Å²) in [7, 11) is 2.10. The Morgan fingerprint density at radius 1 is 1.39 bits per heavy atom. The predicted molar refractivity (Wildman–Crippen MR) is 69.8 cm³/mol. The Morgan fingerprint density at radius 3 is 2.83 bits per heavy atom. The molecule has 1 aliphatic heterocycles. The van der Waals surface area contributed by atoms with Gasteiger partial charge in [0.1, 0.15) is 0 Å². The van der Waals surface area contributed by atoms with Crippen LogP contribution in [0.2, 0.25) is 0 Å². The van der Waals surface area contributed by atoms with Gasteiger partial charge in [0.05, 0.1) is 0 Å². The zero-order valence-corrected chi connectivity index (χ0v) is 10.8. The summed E-state index contributed by atoms with van der Waals surface area (Å²) in [6, 6.07) is 3.89. The number of likely N-dealkylation sites (N-methyl/N-ethyl adjacent to an activating group) is 1. The fourth-order valence-corrected chi connectivity index (χ4v) is 1.95. The van der Waals surface area contributed by atoms with Crippen molar-refractivity contribution in [2.75, 3.05) is 33.2 Å². The lowest BCUT2D eigenvalue weighted by molar-refractivity contribution is -0.126. The van der Waals surface area contributed by atoms with Crippen LogP contribution in [-0.4, -0.2) is 54.0 Å². The summed E-state index contributed by atoms with van der Waals surface area (Å²) >= 11 is 0. The molecule has 1 amide bonds. The monoisotopic (exact) mass is 248 g/mol. The number of piperazine rings is 1. The van der Waals surface area contributed by atoms with E-state index in [-0.39, 0.29) is 5.91 Å². The van der Waals surface area contributed by atoms with Crippen molar-refractivity contribution in [3.63, 3.8) is 0 Å². The van der Waals surface area contributed by atoms with Crippen molar-refractivity contribution >= 4 is 5.91 Å². The van der Waals surface area contributed by atoms with Gasteiger partial charge >= 0.3 is 0 Å². The summed E-state index contributed by atoms with van der Waals surface area (Å²) in [4.78, 5) is 18.1. The molecule has 0 spiro atoms. The molecule has 0 bridgehead atoms. The maximum absolute atomic E-state index is 11.8. The van der Waals surface area contributed by atoms with Gasteiger partial charge in [-0.2, -0.15) is 0 Å². The molecule has 1 N–H and O–H groups in total. The molecule has 5 heteroatoms. The third kappa shape index (κ3) is 4.09. The van der Waals surface area contributed by atoms with Gasteiger partial charge in [-0.05, 0) is 25.1 Å². The van der Waals surface area contributed by atoms with Crippen LogP contribution in [0.5, 0.6) is 0 Å². The molecule has 2 heterocycles. The highest BCUT2D eigenvalue weighted by atomic mass is 16.2. The molecule has 0 saturated carbocycles. The number of amides is 1. The summed E-state index contributed by atoms with van der Waals surface area (Å²) in [5, 5.41) is 2.01. The van der Waals surface area contributed by atoms with Crippen molar-refractivity contribution in [2.24, 2.45) is 0 Å². The van der Waals surface area contributed by atoms with Gasteiger partial charge in [-0.15, -0.1) is 0 Å². The molecule has 1 aliphatic rings. The maximum Gasteiger partial charge on any atom is 0.234 e. The standard InChI is InChI=1S/C13H20N4O/c1-16-7-9-17(10-8-16)15-13(18)5-4-12-3-2-6-14-11-12/h2-3,6,11H,4-5,7-10H2,1H3,(H,15,18). The van der Waals surface area contributed by atoms with Gasteiger partial charge in [-0.25, -0.2) is 5.01 Å². The minimum atomic E-state index is 0.0865. The van der Waals surface area contributed by atoms with E-state index < -0.39 is 0 Å². The quantitative estimate of drug-likeness (QED) is 0.832. The van der Waals surface area contributed by atoms with Gasteiger partial charge < -0.3 is 4.90 Å². The van der Waals surface area contributed by atoms with Gasteiger partial charge in [0, 0.05) is 45.0 Å². The number of hydrogen-bond acceptors (Lipinski definition) is 4. The summed E-state index contributed by atoms with van der Waals surface area (Å²) < 4.78 is 0. The average molecular weight is 248 g/mol. The van der Waals surface area contributed by atoms with E-state index in [0.717, 1.165) is 38.2 Å². The largest absolute Gasteiger partial charge is 0.304 e. The number of rotatable bonds is 4. The summed E-state index contributed by atoms with van der Waals surface area (Å²) in [5.74, 6) is 0.0865. The van der Waals surface area contributed by atoms with Crippen LogP contribution in [0.4, 0.5) is 0 Å². The number of aromatic nitrogens is 1. The Hall–Kier alpha value is -1.46. The first kappa shape index (κ1) is 13.0. The third-order valence-electron chi connectivity index (χ3n) is 3.15. The highest BCUT2D eigenvalue weighted by molar-refractivity contribution is 5.75. The van der Waals surface area contributed by atoms with Crippen LogP contribution in [0.25, 0.3) is 0 Å². The van der Waals surface area contributed by atoms with Gasteiger partial charge in [-0.3, -0.25) is 15.2 Å². The third-order valence-corrected chi connectivity index (χ3v) is 3.15. The van der Waals surface area contributed by atoms with Crippen LogP contribution >= 0.6 is 0 Å². The van der Waals surface area contributed by atoms with Gasteiger partial charge in [0.15, 0.2) is 0 Å². The second-order valence-electron chi connectivity index (χ2n) is 4.69. The summed E-state index contributed by atoms with van der Waals surface area (Å²) in [5.41, 5.74) is 4.06. The summed E-state index contributed by atoms with van der Waals surface area (Å²) in [6.07, 6.45) is 4.81. The van der Waals surface area contributed by atoms with Crippen molar-refractivity contribution < 1.29 is 4.79 Å². The van der Waals surface area contributed by atoms with Gasteiger partial charge in [-0.1, -0.05) is 6.07 Å². The van der Waals surface area contributed by atoms with Crippen LogP contribution in [-0.2, 0) is 11.2 Å². The first-order chi connectivity index (χ1) is 8.74. The van der Waals surface area contributed by atoms with Crippen LogP contribution in [0.3, 0.4) is 0 Å². The lowest BCUT2D eigenvalue weighted by Gasteiger charge is -2.32. The molecule has 0 aliphatic carbocycles. The normalized spacial score (nSPS) is 17.6. The van der Waals surface area contributed by atoms with Crippen molar-refractivity contribution in [1.29, 1.82) is 0 Å². The number of carbonyl (C=O) groups excluding carboxylic acids is 1. The molecular formula is C13H20N4O. The van der Waals surface area contributed by atoms with E-state index in [1.165, 1.54) is 0 Å². The first-order valence-electron chi connectivity index (χ1n) is 6.36. The van der Waals surface area contributed by atoms with Gasteiger partial charge in [0.2, 0.25) is 5.91 Å². The fraction of sp³-hybridized carbons (Fsp3) is 0.538. The van der Waals surface area contributed by atoms with E-state index in [1.54, 1.807) is 6.20 Å². The second-order valence-corrected chi connectivity index (χ2v) is 4.69. The van der Waals surface area contributed by atoms with Gasteiger partial charge in [0.25, 0.3) is 0 Å². The Kier molecular flexibility index (Phi) is 4.66. The molecular weight excluding hydrogens is 228 g/mol. The SMILES string of the molecule is CN1CCN(NC(=O)CCc2cccnc2)CC1. The molecule has 0 radical (unpaired) electrons. The maximum atomic E-state index is 11.8. The molecule has 0 aromatic carbocycles. The van der Waals surface area contributed by atoms with E-state index in [4.69, 9.17) is 0 Å². The highest BCUT2D eigenvalue weighted by Crippen LogP contribution is 2.01. The zero-order chi connectivity index (χ0) is 12.8. The molecule has 1 saturated heterocycles. The minimum Gasteiger partial charge on any atom is -0.304 e. The molecule has 5 nitrogen and oxygen atoms in total. The number of hydrazine groups is 1. The molecule has 2 rings (SSSR count). The molecule has 0 unspecified atom stereocenters. The number of carbonyl (C=O) groups is 1. The Balaban J connectivity index is 1.69. The van der Waals surface area contributed by atoms with E-state index in [2.05, 4.69) is 22.4 Å². The number of pyridine rings is 1.